The highest BCUT2D eigenvalue weighted by molar-refractivity contribution is 8.76. The van der Waals surface area contributed by atoms with E-state index in [1.54, 1.807) is 0 Å². The van der Waals surface area contributed by atoms with E-state index in [0.29, 0.717) is 0 Å². The van der Waals surface area contributed by atoms with Crippen molar-refractivity contribution < 1.29 is 9.13 Å². The van der Waals surface area contributed by atoms with Crippen molar-refractivity contribution in [3.63, 3.8) is 0 Å². The number of pyridine rings is 2. The lowest BCUT2D eigenvalue weighted by molar-refractivity contribution is -0.694. The smallest absolute Gasteiger partial charge is 0.205 e. The molecule has 0 spiro atoms. The molecule has 2 aliphatic rings. The van der Waals surface area contributed by atoms with Crippen molar-refractivity contribution in [1.29, 1.82) is 0 Å². The molecule has 4 heterocycles. The SMILES string of the molecule is C(=C\c1cccc[n+]1CCSSCC[n+]1ccccc1/C=C/c1ccc(N2CCCC2)cc1)/c1ccc(N2CCCC2)cc1. The van der Waals surface area contributed by atoms with Gasteiger partial charge in [-0.1, -0.05) is 45.9 Å². The fourth-order valence-electron chi connectivity index (χ4n) is 5.98. The monoisotopic (exact) mass is 620 g/mol. The second kappa shape index (κ2) is 16.0. The number of rotatable bonds is 13. The van der Waals surface area contributed by atoms with Crippen LogP contribution in [0.4, 0.5) is 11.4 Å². The molecule has 0 unspecified atom stereocenters. The molecule has 0 radical (unpaired) electrons. The molecule has 226 valence electrons. The Hall–Kier alpha value is -3.48. The summed E-state index contributed by atoms with van der Waals surface area (Å²) in [6, 6.07) is 30.9. The zero-order chi connectivity index (χ0) is 29.8. The van der Waals surface area contributed by atoms with Crippen LogP contribution < -0.4 is 18.9 Å². The van der Waals surface area contributed by atoms with Gasteiger partial charge in [-0.05, 0) is 85.4 Å². The lowest BCUT2D eigenvalue weighted by atomic mass is 10.1. The summed E-state index contributed by atoms with van der Waals surface area (Å²) in [7, 11) is 3.93. The average molecular weight is 621 g/mol. The summed E-state index contributed by atoms with van der Waals surface area (Å²) in [6.07, 6.45) is 18.6. The van der Waals surface area contributed by atoms with E-state index < -0.39 is 0 Å². The maximum absolute atomic E-state index is 2.48. The molecule has 0 amide bonds. The number of anilines is 2. The molecular weight excluding hydrogens is 577 g/mol. The second-order valence-electron chi connectivity index (χ2n) is 11.5. The van der Waals surface area contributed by atoms with Gasteiger partial charge in [0.1, 0.15) is 0 Å². The molecule has 2 aromatic heterocycles. The summed E-state index contributed by atoms with van der Waals surface area (Å²) in [6.45, 7) is 6.74. The lowest BCUT2D eigenvalue weighted by Gasteiger charge is -2.17. The van der Waals surface area contributed by atoms with Crippen LogP contribution in [0, 0.1) is 0 Å². The molecule has 0 atom stereocenters. The van der Waals surface area contributed by atoms with Gasteiger partial charge in [-0.25, -0.2) is 0 Å². The summed E-state index contributed by atoms with van der Waals surface area (Å²) in [5.41, 5.74) is 7.67. The van der Waals surface area contributed by atoms with Crippen LogP contribution >= 0.6 is 21.6 Å². The van der Waals surface area contributed by atoms with Crippen LogP contribution in [0.2, 0.25) is 0 Å². The summed E-state index contributed by atoms with van der Waals surface area (Å²) < 4.78 is 4.71. The van der Waals surface area contributed by atoms with Gasteiger partial charge in [-0.3, -0.25) is 0 Å². The maximum atomic E-state index is 2.48. The van der Waals surface area contributed by atoms with Crippen molar-refractivity contribution in [1.82, 2.24) is 0 Å². The van der Waals surface area contributed by atoms with E-state index in [2.05, 4.69) is 141 Å². The van der Waals surface area contributed by atoms with E-state index in [0.717, 1.165) is 24.6 Å². The highest BCUT2D eigenvalue weighted by Gasteiger charge is 2.13. The summed E-state index contributed by atoms with van der Waals surface area (Å²) in [5, 5.41) is 0. The van der Waals surface area contributed by atoms with Crippen molar-refractivity contribution in [2.45, 2.75) is 38.8 Å². The minimum atomic E-state index is 0.995. The predicted octanol–water partition coefficient (Wildman–Crippen LogP) is 7.88. The first-order valence-electron chi connectivity index (χ1n) is 16.1. The number of hydrogen-bond donors (Lipinski definition) is 0. The van der Waals surface area contributed by atoms with Gasteiger partial charge in [0.05, 0.1) is 11.5 Å². The number of aromatic nitrogens is 2. The summed E-state index contributed by atoms with van der Waals surface area (Å²) in [5.74, 6) is 2.15. The Balaban J connectivity index is 0.950. The van der Waals surface area contributed by atoms with Crippen LogP contribution in [0.3, 0.4) is 0 Å². The molecule has 6 rings (SSSR count). The topological polar surface area (TPSA) is 14.2 Å². The average Bonchev–Trinajstić information content (AvgIpc) is 3.82. The Morgan fingerprint density at radius 1 is 0.500 bits per heavy atom. The van der Waals surface area contributed by atoms with Crippen molar-refractivity contribution in [2.75, 3.05) is 47.5 Å². The van der Waals surface area contributed by atoms with Crippen LogP contribution in [0.15, 0.2) is 97.3 Å². The van der Waals surface area contributed by atoms with Crippen LogP contribution in [-0.2, 0) is 13.1 Å². The quantitative estimate of drug-likeness (QED) is 0.0857. The van der Waals surface area contributed by atoms with Gasteiger partial charge in [-0.15, -0.1) is 0 Å². The third-order valence-corrected chi connectivity index (χ3v) is 10.9. The Morgan fingerprint density at radius 3 is 1.32 bits per heavy atom. The third kappa shape index (κ3) is 8.58. The third-order valence-electron chi connectivity index (χ3n) is 8.49. The molecule has 0 N–H and O–H groups in total. The van der Waals surface area contributed by atoms with Crippen molar-refractivity contribution in [3.05, 3.63) is 120 Å². The van der Waals surface area contributed by atoms with Crippen LogP contribution in [0.5, 0.6) is 0 Å². The number of hydrogen-bond acceptors (Lipinski definition) is 4. The van der Waals surface area contributed by atoms with Gasteiger partial charge in [0.25, 0.3) is 0 Å². The number of aryl methyl sites for hydroxylation is 2. The molecule has 2 saturated heterocycles. The number of nitrogens with zero attached hydrogens (tertiary/aromatic N) is 4. The molecule has 0 saturated carbocycles. The number of benzene rings is 2. The van der Waals surface area contributed by atoms with E-state index in [-0.39, 0.29) is 0 Å². The Bertz CT molecular complexity index is 1400. The fourth-order valence-corrected chi connectivity index (χ4v) is 7.92. The molecule has 2 aliphatic heterocycles. The fraction of sp³-hybridized carbons (Fsp3) is 0.316. The van der Waals surface area contributed by atoms with Crippen molar-refractivity contribution >= 4 is 57.3 Å². The van der Waals surface area contributed by atoms with Gasteiger partial charge >= 0.3 is 0 Å². The lowest BCUT2D eigenvalue weighted by Crippen LogP contribution is -2.38. The normalized spacial score (nSPS) is 15.3. The zero-order valence-corrected chi connectivity index (χ0v) is 27.3. The second-order valence-corrected chi connectivity index (χ2v) is 14.2. The zero-order valence-electron chi connectivity index (χ0n) is 25.6. The van der Waals surface area contributed by atoms with Gasteiger partial charge in [0.15, 0.2) is 25.5 Å². The minimum absolute atomic E-state index is 0.995. The van der Waals surface area contributed by atoms with Crippen molar-refractivity contribution in [2.24, 2.45) is 0 Å². The highest BCUT2D eigenvalue weighted by atomic mass is 33.1. The van der Waals surface area contributed by atoms with Crippen LogP contribution in [0.25, 0.3) is 24.3 Å². The minimum Gasteiger partial charge on any atom is -0.372 e. The standard InChI is InChI=1S/C38H44N4S2/c1-3-23-41(35(9-1)17-11-33-13-19-37(20-14-33)39-25-5-6-26-39)29-31-43-44-32-30-42-24-4-2-10-36(42)18-12-34-15-21-38(22-16-34)40-27-7-8-28-40/h1-4,9-24H,5-8,25-32H2/q+2. The van der Waals surface area contributed by atoms with E-state index in [1.807, 2.05) is 21.6 Å². The molecule has 2 fully saturated rings. The van der Waals surface area contributed by atoms with Gasteiger partial charge in [0.2, 0.25) is 11.4 Å². The van der Waals surface area contributed by atoms with Gasteiger partial charge in [-0.2, -0.15) is 9.13 Å². The first-order valence-corrected chi connectivity index (χ1v) is 18.6. The molecule has 4 aromatic rings. The molecule has 44 heavy (non-hydrogen) atoms. The summed E-state index contributed by atoms with van der Waals surface area (Å²) >= 11 is 0. The highest BCUT2D eigenvalue weighted by Crippen LogP contribution is 2.23. The van der Waals surface area contributed by atoms with Crippen LogP contribution in [0.1, 0.15) is 48.2 Å². The molecule has 4 nitrogen and oxygen atoms in total. The first kappa shape index (κ1) is 30.5. The molecule has 6 heteroatoms. The Labute approximate surface area is 271 Å². The summed E-state index contributed by atoms with van der Waals surface area (Å²) in [4.78, 5) is 4.97. The van der Waals surface area contributed by atoms with Gasteiger partial charge in [0, 0.05) is 74.0 Å². The molecule has 0 aliphatic carbocycles. The van der Waals surface area contributed by atoms with E-state index in [9.17, 15) is 0 Å². The largest absolute Gasteiger partial charge is 0.372 e. The first-order chi connectivity index (χ1) is 21.8. The maximum Gasteiger partial charge on any atom is 0.205 e. The van der Waals surface area contributed by atoms with E-state index in [1.165, 1.54) is 85.8 Å². The molecule has 2 aromatic carbocycles. The molecule has 0 bridgehead atoms. The Morgan fingerprint density at radius 2 is 0.909 bits per heavy atom. The van der Waals surface area contributed by atoms with Gasteiger partial charge < -0.3 is 9.80 Å². The molecular formula is C38H44N4S2+2. The predicted molar refractivity (Wildman–Crippen MR) is 192 cm³/mol. The van der Waals surface area contributed by atoms with E-state index in [4.69, 9.17) is 0 Å². The van der Waals surface area contributed by atoms with E-state index >= 15 is 0 Å². The van der Waals surface area contributed by atoms with Crippen LogP contribution in [-0.4, -0.2) is 37.7 Å². The Kier molecular flexibility index (Phi) is 11.1. The van der Waals surface area contributed by atoms with Crippen molar-refractivity contribution in [3.8, 4) is 0 Å².